The third-order valence-electron chi connectivity index (χ3n) is 5.13. The van der Waals surface area contributed by atoms with Gasteiger partial charge in [-0.05, 0) is 74.0 Å². The molecule has 0 aromatic heterocycles. The summed E-state index contributed by atoms with van der Waals surface area (Å²) < 4.78 is 38.7. The van der Waals surface area contributed by atoms with Gasteiger partial charge in [-0.3, -0.25) is 13.9 Å². The molecule has 12 heteroatoms. The van der Waals surface area contributed by atoms with Crippen molar-refractivity contribution in [2.75, 3.05) is 24.6 Å². The zero-order valence-corrected chi connectivity index (χ0v) is 23.2. The van der Waals surface area contributed by atoms with E-state index in [2.05, 4.69) is 15.8 Å². The van der Waals surface area contributed by atoms with Gasteiger partial charge in [-0.1, -0.05) is 29.8 Å². The largest absolute Gasteiger partial charge is 0.495 e. The minimum Gasteiger partial charge on any atom is -0.495 e. The van der Waals surface area contributed by atoms with Crippen molar-refractivity contribution in [1.82, 2.24) is 10.7 Å². The van der Waals surface area contributed by atoms with Crippen LogP contribution in [0.2, 0.25) is 5.02 Å². The lowest BCUT2D eigenvalue weighted by molar-refractivity contribution is -0.123. The molecule has 0 aliphatic rings. The fourth-order valence-electron chi connectivity index (χ4n) is 3.38. The Labute approximate surface area is 232 Å². The minimum absolute atomic E-state index is 0.00711. The molecule has 0 heterocycles. The standard InChI is InChI=1S/C27H29ClN4O6S/c1-19(2)30-27(34)18-38-22-12-9-20(10-13-22)16-29-31-26(33)17-32(24-15-21(28)11-14-25(24)37-3)39(35,36)23-7-5-4-6-8-23/h4-16,19H,17-18H2,1-3H3,(H,30,34)(H,31,33)/b29-16-. The van der Waals surface area contributed by atoms with Crippen molar-refractivity contribution >= 4 is 45.3 Å². The van der Waals surface area contributed by atoms with E-state index in [1.807, 2.05) is 13.8 Å². The number of carbonyl (C=O) groups excluding carboxylic acids is 2. The first-order chi connectivity index (χ1) is 18.6. The molecule has 0 unspecified atom stereocenters. The number of hydrazone groups is 1. The van der Waals surface area contributed by atoms with Crippen LogP contribution in [-0.2, 0) is 19.6 Å². The smallest absolute Gasteiger partial charge is 0.264 e. The number of nitrogens with one attached hydrogen (secondary N) is 2. The van der Waals surface area contributed by atoms with Gasteiger partial charge in [0.05, 0.1) is 23.9 Å². The van der Waals surface area contributed by atoms with Crippen LogP contribution in [0.25, 0.3) is 0 Å². The lowest BCUT2D eigenvalue weighted by Gasteiger charge is -2.25. The summed E-state index contributed by atoms with van der Waals surface area (Å²) in [6, 6.07) is 18.9. The Morgan fingerprint density at radius 2 is 1.72 bits per heavy atom. The maximum Gasteiger partial charge on any atom is 0.264 e. The first-order valence-electron chi connectivity index (χ1n) is 11.9. The zero-order chi connectivity index (χ0) is 28.4. The highest BCUT2D eigenvalue weighted by Gasteiger charge is 2.29. The second-order valence-corrected chi connectivity index (χ2v) is 10.8. The number of anilines is 1. The van der Waals surface area contributed by atoms with Gasteiger partial charge in [0.15, 0.2) is 6.61 Å². The molecule has 3 rings (SSSR count). The number of hydrogen-bond donors (Lipinski definition) is 2. The van der Waals surface area contributed by atoms with Gasteiger partial charge >= 0.3 is 0 Å². The van der Waals surface area contributed by atoms with Crippen LogP contribution in [0.3, 0.4) is 0 Å². The van der Waals surface area contributed by atoms with Gasteiger partial charge < -0.3 is 14.8 Å². The van der Waals surface area contributed by atoms with Gasteiger partial charge in [0.2, 0.25) is 0 Å². The van der Waals surface area contributed by atoms with Crippen LogP contribution in [0.4, 0.5) is 5.69 Å². The number of rotatable bonds is 12. The molecule has 0 aliphatic carbocycles. The normalized spacial score (nSPS) is 11.3. The van der Waals surface area contributed by atoms with Crippen molar-refractivity contribution in [1.29, 1.82) is 0 Å². The summed E-state index contributed by atoms with van der Waals surface area (Å²) in [5.41, 5.74) is 3.09. The Morgan fingerprint density at radius 1 is 1.03 bits per heavy atom. The van der Waals surface area contributed by atoms with E-state index in [1.165, 1.54) is 37.6 Å². The second kappa shape index (κ2) is 13.6. The average molecular weight is 573 g/mol. The van der Waals surface area contributed by atoms with Gasteiger partial charge in [0.25, 0.3) is 21.8 Å². The van der Waals surface area contributed by atoms with Gasteiger partial charge in [0.1, 0.15) is 18.0 Å². The summed E-state index contributed by atoms with van der Waals surface area (Å²) in [5.74, 6) is -0.201. The predicted octanol–water partition coefficient (Wildman–Crippen LogP) is 3.60. The molecule has 3 aromatic rings. The maximum absolute atomic E-state index is 13.5. The van der Waals surface area contributed by atoms with Crippen LogP contribution in [0.5, 0.6) is 11.5 Å². The van der Waals surface area contributed by atoms with Gasteiger partial charge in [-0.25, -0.2) is 13.8 Å². The average Bonchev–Trinajstić information content (AvgIpc) is 2.91. The molecule has 0 atom stereocenters. The molecule has 206 valence electrons. The molecular weight excluding hydrogens is 544 g/mol. The lowest BCUT2D eigenvalue weighted by Crippen LogP contribution is -2.39. The number of sulfonamides is 1. The Bertz CT molecular complexity index is 1410. The number of carbonyl (C=O) groups is 2. The van der Waals surface area contributed by atoms with Crippen molar-refractivity contribution in [3.63, 3.8) is 0 Å². The molecule has 0 aliphatic heterocycles. The highest BCUT2D eigenvalue weighted by atomic mass is 35.5. The molecule has 10 nitrogen and oxygen atoms in total. The zero-order valence-electron chi connectivity index (χ0n) is 21.6. The molecule has 0 saturated heterocycles. The summed E-state index contributed by atoms with van der Waals surface area (Å²) in [6.45, 7) is 3.02. The minimum atomic E-state index is -4.16. The van der Waals surface area contributed by atoms with E-state index in [9.17, 15) is 18.0 Å². The maximum atomic E-state index is 13.5. The number of nitrogens with zero attached hydrogens (tertiary/aromatic N) is 2. The predicted molar refractivity (Wildman–Crippen MR) is 150 cm³/mol. The third-order valence-corrected chi connectivity index (χ3v) is 7.14. The Balaban J connectivity index is 1.71. The van der Waals surface area contributed by atoms with E-state index in [0.29, 0.717) is 11.3 Å². The monoisotopic (exact) mass is 572 g/mol. The first kappa shape index (κ1) is 29.5. The SMILES string of the molecule is COc1ccc(Cl)cc1N(CC(=O)N/N=C\c1ccc(OCC(=O)NC(C)C)cc1)S(=O)(=O)c1ccccc1. The fraction of sp³-hybridized carbons (Fsp3) is 0.222. The molecule has 3 aromatic carbocycles. The number of hydrogen-bond acceptors (Lipinski definition) is 7. The molecule has 39 heavy (non-hydrogen) atoms. The topological polar surface area (TPSA) is 126 Å². The molecule has 0 fully saturated rings. The molecule has 0 radical (unpaired) electrons. The number of benzene rings is 3. The summed E-state index contributed by atoms with van der Waals surface area (Å²) in [5, 5.41) is 6.93. The lowest BCUT2D eigenvalue weighted by atomic mass is 10.2. The van der Waals surface area contributed by atoms with E-state index in [1.54, 1.807) is 48.5 Å². The van der Waals surface area contributed by atoms with Crippen LogP contribution in [0, 0.1) is 0 Å². The van der Waals surface area contributed by atoms with Crippen LogP contribution < -0.4 is 24.5 Å². The van der Waals surface area contributed by atoms with Crippen molar-refractivity contribution < 1.29 is 27.5 Å². The summed E-state index contributed by atoms with van der Waals surface area (Å²) >= 11 is 6.14. The van der Waals surface area contributed by atoms with Crippen LogP contribution in [0.1, 0.15) is 19.4 Å². The van der Waals surface area contributed by atoms with E-state index in [0.717, 1.165) is 4.31 Å². The number of amides is 2. The van der Waals surface area contributed by atoms with Crippen LogP contribution in [-0.4, -0.2) is 52.8 Å². The summed E-state index contributed by atoms with van der Waals surface area (Å²) in [7, 11) is -2.77. The molecule has 0 spiro atoms. The summed E-state index contributed by atoms with van der Waals surface area (Å²) in [4.78, 5) is 24.5. The molecule has 0 saturated carbocycles. The van der Waals surface area contributed by atoms with Crippen molar-refractivity contribution in [2.45, 2.75) is 24.8 Å². The first-order valence-corrected chi connectivity index (χ1v) is 13.7. The number of ether oxygens (including phenoxy) is 2. The van der Waals surface area contributed by atoms with E-state index in [-0.39, 0.29) is 39.9 Å². The van der Waals surface area contributed by atoms with E-state index >= 15 is 0 Å². The fourth-order valence-corrected chi connectivity index (χ4v) is 5.00. The molecular formula is C27H29ClN4O6S. The Kier molecular flexibility index (Phi) is 10.3. The highest BCUT2D eigenvalue weighted by molar-refractivity contribution is 7.92. The quantitative estimate of drug-likeness (QED) is 0.252. The number of methoxy groups -OCH3 is 1. The van der Waals surface area contributed by atoms with Crippen molar-refractivity contribution in [3.8, 4) is 11.5 Å². The van der Waals surface area contributed by atoms with Gasteiger partial charge in [-0.15, -0.1) is 0 Å². The van der Waals surface area contributed by atoms with Crippen molar-refractivity contribution in [2.24, 2.45) is 5.10 Å². The second-order valence-electron chi connectivity index (χ2n) is 8.51. The van der Waals surface area contributed by atoms with Crippen LogP contribution >= 0.6 is 11.6 Å². The molecule has 2 amide bonds. The highest BCUT2D eigenvalue weighted by Crippen LogP contribution is 2.34. The van der Waals surface area contributed by atoms with Crippen molar-refractivity contribution in [3.05, 3.63) is 83.4 Å². The molecule has 0 bridgehead atoms. The van der Waals surface area contributed by atoms with E-state index in [4.69, 9.17) is 21.1 Å². The Morgan fingerprint density at radius 3 is 2.36 bits per heavy atom. The summed E-state index contributed by atoms with van der Waals surface area (Å²) in [6.07, 6.45) is 1.39. The van der Waals surface area contributed by atoms with Gasteiger partial charge in [-0.2, -0.15) is 5.10 Å². The van der Waals surface area contributed by atoms with Crippen LogP contribution in [0.15, 0.2) is 82.8 Å². The van der Waals surface area contributed by atoms with E-state index < -0.39 is 22.5 Å². The van der Waals surface area contributed by atoms with Gasteiger partial charge in [0, 0.05) is 11.1 Å². The Hall–Kier alpha value is -4.09. The third kappa shape index (κ3) is 8.45. The number of halogens is 1. The molecule has 2 N–H and O–H groups in total.